The zero-order valence-corrected chi connectivity index (χ0v) is 11.7. The van der Waals surface area contributed by atoms with Gasteiger partial charge in [0.2, 0.25) is 0 Å². The second-order valence-electron chi connectivity index (χ2n) is 5.10. The molecule has 0 saturated heterocycles. The molecule has 3 rings (SSSR count). The van der Waals surface area contributed by atoms with Gasteiger partial charge in [0.25, 0.3) is 0 Å². The van der Waals surface area contributed by atoms with E-state index in [2.05, 4.69) is 10.3 Å². The number of hydrogen-bond acceptors (Lipinski definition) is 1. The Hall–Kier alpha value is -2.20. The highest BCUT2D eigenvalue weighted by Crippen LogP contribution is 2.22. The molecule has 4 heteroatoms. The van der Waals surface area contributed by atoms with Gasteiger partial charge in [-0.1, -0.05) is 24.3 Å². The van der Waals surface area contributed by atoms with Crippen LogP contribution in [0.2, 0.25) is 0 Å². The smallest absolute Gasteiger partial charge is 0.130 e. The molecule has 0 spiro atoms. The Morgan fingerprint density at radius 2 is 1.76 bits per heavy atom. The first-order valence-electron chi connectivity index (χ1n) is 6.89. The summed E-state index contributed by atoms with van der Waals surface area (Å²) in [6.45, 7) is 2.30. The summed E-state index contributed by atoms with van der Waals surface area (Å²) >= 11 is 0. The minimum absolute atomic E-state index is 0.0809. The van der Waals surface area contributed by atoms with Gasteiger partial charge in [0.1, 0.15) is 11.6 Å². The molecule has 108 valence electrons. The van der Waals surface area contributed by atoms with Crippen molar-refractivity contribution >= 4 is 10.9 Å². The Morgan fingerprint density at radius 1 is 1.05 bits per heavy atom. The molecule has 1 unspecified atom stereocenters. The molecule has 1 heterocycles. The topological polar surface area (TPSA) is 27.8 Å². The SMILES string of the molecule is CC(NCc1c[nH]c2ccccc12)c1c(F)cccc1F. The average molecular weight is 286 g/mol. The molecule has 2 N–H and O–H groups in total. The molecular formula is C17H16F2N2. The Kier molecular flexibility index (Phi) is 3.71. The number of aromatic amines is 1. The Labute approximate surface area is 121 Å². The van der Waals surface area contributed by atoms with E-state index < -0.39 is 17.7 Å². The van der Waals surface area contributed by atoms with Crippen LogP contribution in [-0.2, 0) is 6.54 Å². The van der Waals surface area contributed by atoms with Crippen molar-refractivity contribution in [3.8, 4) is 0 Å². The first-order chi connectivity index (χ1) is 10.2. The number of para-hydroxylation sites is 1. The van der Waals surface area contributed by atoms with Crippen LogP contribution in [0.5, 0.6) is 0 Å². The van der Waals surface area contributed by atoms with Gasteiger partial charge in [0.05, 0.1) is 0 Å². The maximum atomic E-state index is 13.7. The molecule has 21 heavy (non-hydrogen) atoms. The van der Waals surface area contributed by atoms with E-state index >= 15 is 0 Å². The number of benzene rings is 2. The quantitative estimate of drug-likeness (QED) is 0.735. The van der Waals surface area contributed by atoms with Crippen LogP contribution in [0, 0.1) is 11.6 Å². The molecule has 0 bridgehead atoms. The molecule has 1 aromatic heterocycles. The van der Waals surface area contributed by atoms with Gasteiger partial charge in [0.15, 0.2) is 0 Å². The van der Waals surface area contributed by atoms with Crippen LogP contribution in [0.15, 0.2) is 48.7 Å². The molecule has 0 radical (unpaired) electrons. The zero-order valence-electron chi connectivity index (χ0n) is 11.7. The number of hydrogen-bond donors (Lipinski definition) is 2. The van der Waals surface area contributed by atoms with Gasteiger partial charge >= 0.3 is 0 Å². The lowest BCUT2D eigenvalue weighted by molar-refractivity contribution is 0.488. The molecule has 0 fully saturated rings. The molecule has 0 amide bonds. The summed E-state index contributed by atoms with van der Waals surface area (Å²) in [7, 11) is 0. The van der Waals surface area contributed by atoms with E-state index in [4.69, 9.17) is 0 Å². The van der Waals surface area contributed by atoms with E-state index in [0.29, 0.717) is 6.54 Å². The highest BCUT2D eigenvalue weighted by atomic mass is 19.1. The summed E-state index contributed by atoms with van der Waals surface area (Å²) in [5.41, 5.74) is 2.21. The van der Waals surface area contributed by atoms with E-state index in [0.717, 1.165) is 16.5 Å². The number of nitrogens with one attached hydrogen (secondary N) is 2. The molecule has 0 aliphatic carbocycles. The number of H-pyrrole nitrogens is 1. The third-order valence-electron chi connectivity index (χ3n) is 3.71. The van der Waals surface area contributed by atoms with E-state index in [1.165, 1.54) is 18.2 Å². The molecule has 2 nitrogen and oxygen atoms in total. The van der Waals surface area contributed by atoms with Gasteiger partial charge < -0.3 is 10.3 Å². The van der Waals surface area contributed by atoms with Crippen molar-refractivity contribution in [1.29, 1.82) is 0 Å². The standard InChI is InChI=1S/C17H16F2N2/c1-11(17-14(18)6-4-7-15(17)19)20-9-12-10-21-16-8-3-2-5-13(12)16/h2-8,10-11,20-21H,9H2,1H3. The maximum Gasteiger partial charge on any atom is 0.130 e. The summed E-state index contributed by atoms with van der Waals surface area (Å²) in [6, 6.07) is 11.5. The Balaban J connectivity index is 1.78. The van der Waals surface area contributed by atoms with Gasteiger partial charge in [-0.05, 0) is 30.7 Å². The Bertz CT molecular complexity index is 744. The van der Waals surface area contributed by atoms with E-state index in [1.807, 2.05) is 30.5 Å². The number of fused-ring (bicyclic) bond motifs is 1. The van der Waals surface area contributed by atoms with Crippen LogP contribution in [-0.4, -0.2) is 4.98 Å². The van der Waals surface area contributed by atoms with Gasteiger partial charge in [-0.15, -0.1) is 0 Å². The lowest BCUT2D eigenvalue weighted by Gasteiger charge is -2.15. The fourth-order valence-electron chi connectivity index (χ4n) is 2.57. The van der Waals surface area contributed by atoms with Crippen molar-refractivity contribution in [3.05, 3.63) is 71.4 Å². The predicted octanol–water partition coefficient (Wildman–Crippen LogP) is 4.30. The van der Waals surface area contributed by atoms with Crippen molar-refractivity contribution < 1.29 is 8.78 Å². The van der Waals surface area contributed by atoms with Crippen LogP contribution in [0.4, 0.5) is 8.78 Å². The van der Waals surface area contributed by atoms with Crippen LogP contribution < -0.4 is 5.32 Å². The fraction of sp³-hybridized carbons (Fsp3) is 0.176. The monoisotopic (exact) mass is 286 g/mol. The maximum absolute atomic E-state index is 13.7. The average Bonchev–Trinajstić information content (AvgIpc) is 2.88. The third-order valence-corrected chi connectivity index (χ3v) is 3.71. The van der Waals surface area contributed by atoms with Crippen molar-refractivity contribution in [3.63, 3.8) is 0 Å². The predicted molar refractivity (Wildman–Crippen MR) is 79.9 cm³/mol. The lowest BCUT2D eigenvalue weighted by Crippen LogP contribution is -2.20. The minimum atomic E-state index is -0.520. The molecule has 2 aromatic carbocycles. The minimum Gasteiger partial charge on any atom is -0.361 e. The summed E-state index contributed by atoms with van der Waals surface area (Å²) in [5, 5.41) is 4.29. The molecule has 3 aromatic rings. The van der Waals surface area contributed by atoms with Crippen molar-refractivity contribution in [2.45, 2.75) is 19.5 Å². The zero-order chi connectivity index (χ0) is 14.8. The van der Waals surface area contributed by atoms with E-state index in [1.54, 1.807) is 6.92 Å². The molecule has 1 atom stereocenters. The van der Waals surface area contributed by atoms with Crippen LogP contribution in [0.25, 0.3) is 10.9 Å². The number of halogens is 2. The van der Waals surface area contributed by atoms with Gasteiger partial charge in [-0.25, -0.2) is 8.78 Å². The number of aromatic nitrogens is 1. The van der Waals surface area contributed by atoms with Gasteiger partial charge in [-0.2, -0.15) is 0 Å². The Morgan fingerprint density at radius 3 is 2.52 bits per heavy atom. The van der Waals surface area contributed by atoms with Gasteiger partial charge in [-0.3, -0.25) is 0 Å². The molecule has 0 saturated carbocycles. The number of rotatable bonds is 4. The van der Waals surface area contributed by atoms with Crippen molar-refractivity contribution in [1.82, 2.24) is 10.3 Å². The van der Waals surface area contributed by atoms with E-state index in [9.17, 15) is 8.78 Å². The second-order valence-corrected chi connectivity index (χ2v) is 5.10. The van der Waals surface area contributed by atoms with Gasteiger partial charge in [0, 0.05) is 35.2 Å². The van der Waals surface area contributed by atoms with Crippen LogP contribution >= 0.6 is 0 Å². The van der Waals surface area contributed by atoms with Crippen molar-refractivity contribution in [2.75, 3.05) is 0 Å². The molecular weight excluding hydrogens is 270 g/mol. The van der Waals surface area contributed by atoms with Crippen LogP contribution in [0.1, 0.15) is 24.1 Å². The molecule has 0 aliphatic rings. The first-order valence-corrected chi connectivity index (χ1v) is 6.89. The largest absolute Gasteiger partial charge is 0.361 e. The van der Waals surface area contributed by atoms with Crippen molar-refractivity contribution in [2.24, 2.45) is 0 Å². The second kappa shape index (κ2) is 5.66. The first kappa shape index (κ1) is 13.8. The third kappa shape index (κ3) is 2.67. The highest BCUT2D eigenvalue weighted by Gasteiger charge is 2.15. The fourth-order valence-corrected chi connectivity index (χ4v) is 2.57. The lowest BCUT2D eigenvalue weighted by atomic mass is 10.1. The summed E-state index contributed by atoms with van der Waals surface area (Å²) in [6.07, 6.45) is 1.92. The normalized spacial score (nSPS) is 12.7. The highest BCUT2D eigenvalue weighted by molar-refractivity contribution is 5.82. The summed E-state index contributed by atoms with van der Waals surface area (Å²) in [4.78, 5) is 3.19. The summed E-state index contributed by atoms with van der Waals surface area (Å²) < 4.78 is 27.5. The molecule has 0 aliphatic heterocycles. The summed E-state index contributed by atoms with van der Waals surface area (Å²) in [5.74, 6) is -1.04. The van der Waals surface area contributed by atoms with E-state index in [-0.39, 0.29) is 5.56 Å². The van der Waals surface area contributed by atoms with Crippen LogP contribution in [0.3, 0.4) is 0 Å².